The summed E-state index contributed by atoms with van der Waals surface area (Å²) in [7, 11) is 1.72. The highest BCUT2D eigenvalue weighted by Gasteiger charge is 2.21. The fourth-order valence-corrected chi connectivity index (χ4v) is 3.11. The van der Waals surface area contributed by atoms with Gasteiger partial charge in [-0.3, -0.25) is 0 Å². The lowest BCUT2D eigenvalue weighted by Gasteiger charge is -2.31. The van der Waals surface area contributed by atoms with Crippen LogP contribution in [0.2, 0.25) is 0 Å². The summed E-state index contributed by atoms with van der Waals surface area (Å²) in [5.74, 6) is -0.346. The Balaban J connectivity index is 1.70. The second kappa shape index (κ2) is 9.28. The Morgan fingerprint density at radius 3 is 2.59 bits per heavy atom. The molecule has 1 aromatic carbocycles. The number of aromatic nitrogens is 2. The van der Waals surface area contributed by atoms with E-state index in [2.05, 4.69) is 19.9 Å². The third kappa shape index (κ3) is 5.17. The Morgan fingerprint density at radius 2 is 1.97 bits per heavy atom. The lowest BCUT2D eigenvalue weighted by Crippen LogP contribution is -2.37. The van der Waals surface area contributed by atoms with Gasteiger partial charge in [-0.25, -0.2) is 19.2 Å². The second-order valence-electron chi connectivity index (χ2n) is 6.56. The van der Waals surface area contributed by atoms with Crippen molar-refractivity contribution >= 4 is 18.0 Å². The van der Waals surface area contributed by atoms with Crippen LogP contribution in [0, 0.1) is 5.82 Å². The van der Waals surface area contributed by atoms with Gasteiger partial charge in [-0.15, -0.1) is 4.99 Å². The molecule has 3 rings (SSSR count). The number of nitrogens with zero attached hydrogens (tertiary/aromatic N) is 4. The number of carbonyl (C=O) groups is 1. The molecule has 0 atom stereocenters. The molecule has 0 unspecified atom stereocenters. The van der Waals surface area contributed by atoms with E-state index in [9.17, 15) is 9.18 Å². The van der Waals surface area contributed by atoms with Gasteiger partial charge in [0, 0.05) is 49.3 Å². The smallest absolute Gasteiger partial charge is 0.437 e. The van der Waals surface area contributed by atoms with E-state index < -0.39 is 17.9 Å². The third-order valence-electron chi connectivity index (χ3n) is 4.66. The molecule has 154 valence electrons. The van der Waals surface area contributed by atoms with Crippen LogP contribution in [0.5, 0.6) is 0 Å². The molecule has 0 aliphatic carbocycles. The number of ether oxygens (including phenoxy) is 2. The van der Waals surface area contributed by atoms with Crippen molar-refractivity contribution in [2.75, 3.05) is 25.1 Å². The summed E-state index contributed by atoms with van der Waals surface area (Å²) in [6.07, 6.45) is 4.27. The van der Waals surface area contributed by atoms with Gasteiger partial charge in [-0.1, -0.05) is 18.2 Å². The van der Waals surface area contributed by atoms with Crippen molar-refractivity contribution < 1.29 is 18.7 Å². The summed E-state index contributed by atoms with van der Waals surface area (Å²) >= 11 is 0. The molecule has 0 saturated carbocycles. The number of amides is 1. The molecule has 9 nitrogen and oxygen atoms in total. The first-order chi connectivity index (χ1) is 14.0. The first-order valence-corrected chi connectivity index (χ1v) is 9.12. The third-order valence-corrected chi connectivity index (χ3v) is 4.66. The number of piperidine rings is 1. The maximum Gasteiger partial charge on any atom is 0.437 e. The van der Waals surface area contributed by atoms with Crippen molar-refractivity contribution in [1.82, 2.24) is 9.97 Å². The van der Waals surface area contributed by atoms with Crippen LogP contribution >= 0.6 is 0 Å². The van der Waals surface area contributed by atoms with Crippen LogP contribution in [-0.2, 0) is 16.1 Å². The van der Waals surface area contributed by atoms with Gasteiger partial charge in [0.2, 0.25) is 5.95 Å². The zero-order chi connectivity index (χ0) is 20.8. The molecule has 0 spiro atoms. The quantitative estimate of drug-likeness (QED) is 0.572. The van der Waals surface area contributed by atoms with Gasteiger partial charge in [0.25, 0.3) is 0 Å². The Bertz CT molecular complexity index is 878. The van der Waals surface area contributed by atoms with E-state index >= 15 is 0 Å². The number of hydrogen-bond donors (Lipinski definition) is 2. The average molecular weight is 402 g/mol. The maximum absolute atomic E-state index is 14.9. The van der Waals surface area contributed by atoms with Crippen molar-refractivity contribution in [3.63, 3.8) is 0 Å². The van der Waals surface area contributed by atoms with Gasteiger partial charge >= 0.3 is 6.09 Å². The van der Waals surface area contributed by atoms with Crippen molar-refractivity contribution in [2.24, 2.45) is 16.5 Å². The van der Waals surface area contributed by atoms with E-state index in [4.69, 9.17) is 20.9 Å². The standard InChI is InChI=1S/C19H23FN6O3/c1-28-14-5-7-26(8-6-14)18-23-9-13(10-24-18)15-4-2-3-12(16(15)20)11-29-19(27)25-17(21)22/h2-4,9-10,14H,5-8,11H2,1H3,(H4,21,22,25,27). The predicted octanol–water partition coefficient (Wildman–Crippen LogP) is 1.81. The highest BCUT2D eigenvalue weighted by atomic mass is 19.1. The van der Waals surface area contributed by atoms with Gasteiger partial charge in [0.1, 0.15) is 12.4 Å². The maximum atomic E-state index is 14.9. The van der Waals surface area contributed by atoms with E-state index in [-0.39, 0.29) is 18.3 Å². The first kappa shape index (κ1) is 20.5. The number of carbonyl (C=O) groups excluding carboxylic acids is 1. The van der Waals surface area contributed by atoms with E-state index in [1.54, 1.807) is 31.6 Å². The number of rotatable bonds is 5. The zero-order valence-corrected chi connectivity index (χ0v) is 16.0. The van der Waals surface area contributed by atoms with E-state index in [1.807, 2.05) is 0 Å². The van der Waals surface area contributed by atoms with Crippen molar-refractivity contribution in [2.45, 2.75) is 25.6 Å². The van der Waals surface area contributed by atoms with Crippen LogP contribution in [0.25, 0.3) is 11.1 Å². The molecule has 0 radical (unpaired) electrons. The number of aliphatic imine (C=N–C) groups is 1. The van der Waals surface area contributed by atoms with Crippen LogP contribution in [0.15, 0.2) is 35.6 Å². The number of guanidine groups is 1. The summed E-state index contributed by atoms with van der Waals surface area (Å²) in [6.45, 7) is 1.31. The molecule has 1 aliphatic rings. The van der Waals surface area contributed by atoms with Crippen LogP contribution in [-0.4, -0.2) is 48.3 Å². The molecule has 2 aromatic rings. The Kier molecular flexibility index (Phi) is 6.55. The van der Waals surface area contributed by atoms with E-state index in [1.165, 1.54) is 6.07 Å². The first-order valence-electron chi connectivity index (χ1n) is 9.12. The van der Waals surface area contributed by atoms with Gasteiger partial charge in [0.05, 0.1) is 6.10 Å². The molecule has 1 saturated heterocycles. The van der Waals surface area contributed by atoms with Crippen molar-refractivity contribution in [1.29, 1.82) is 0 Å². The topological polar surface area (TPSA) is 129 Å². The van der Waals surface area contributed by atoms with E-state index in [0.29, 0.717) is 17.1 Å². The molecule has 1 aliphatic heterocycles. The molecule has 29 heavy (non-hydrogen) atoms. The summed E-state index contributed by atoms with van der Waals surface area (Å²) in [4.78, 5) is 25.5. The average Bonchev–Trinajstić information content (AvgIpc) is 2.73. The lowest BCUT2D eigenvalue weighted by atomic mass is 10.1. The Morgan fingerprint density at radius 1 is 1.28 bits per heavy atom. The normalized spacial score (nSPS) is 14.5. The number of anilines is 1. The molecule has 1 fully saturated rings. The van der Waals surface area contributed by atoms with Gasteiger partial charge in [-0.2, -0.15) is 0 Å². The van der Waals surface area contributed by atoms with Crippen LogP contribution in [0.3, 0.4) is 0 Å². The molecule has 10 heteroatoms. The van der Waals surface area contributed by atoms with Crippen molar-refractivity contribution in [3.8, 4) is 11.1 Å². The Labute approximate surface area is 167 Å². The highest BCUT2D eigenvalue weighted by Crippen LogP contribution is 2.26. The molecular weight excluding hydrogens is 379 g/mol. The van der Waals surface area contributed by atoms with Crippen LogP contribution in [0.4, 0.5) is 15.1 Å². The molecule has 1 aromatic heterocycles. The van der Waals surface area contributed by atoms with Crippen LogP contribution in [0.1, 0.15) is 18.4 Å². The number of nitrogens with two attached hydrogens (primary N) is 2. The lowest BCUT2D eigenvalue weighted by molar-refractivity contribution is 0.0816. The van der Waals surface area contributed by atoms with Gasteiger partial charge in [0.15, 0.2) is 5.96 Å². The summed E-state index contributed by atoms with van der Waals surface area (Å²) < 4.78 is 25.1. The van der Waals surface area contributed by atoms with Gasteiger partial charge in [-0.05, 0) is 12.8 Å². The van der Waals surface area contributed by atoms with E-state index in [0.717, 1.165) is 25.9 Å². The fourth-order valence-electron chi connectivity index (χ4n) is 3.11. The number of hydrogen-bond acceptors (Lipinski definition) is 6. The fraction of sp³-hybridized carbons (Fsp3) is 0.368. The largest absolute Gasteiger partial charge is 0.443 e. The molecule has 1 amide bonds. The number of halogens is 1. The minimum absolute atomic E-state index is 0.187. The summed E-state index contributed by atoms with van der Waals surface area (Å²) in [5, 5.41) is 0. The highest BCUT2D eigenvalue weighted by molar-refractivity contribution is 5.87. The molecule has 0 bridgehead atoms. The zero-order valence-electron chi connectivity index (χ0n) is 16.0. The predicted molar refractivity (Wildman–Crippen MR) is 106 cm³/mol. The van der Waals surface area contributed by atoms with Crippen LogP contribution < -0.4 is 16.4 Å². The summed E-state index contributed by atoms with van der Waals surface area (Å²) in [6, 6.07) is 4.78. The SMILES string of the molecule is COC1CCN(c2ncc(-c3cccc(COC(=O)N=C(N)N)c3F)cn2)CC1. The number of benzene rings is 1. The minimum Gasteiger partial charge on any atom is -0.443 e. The molecule has 4 N–H and O–H groups in total. The summed E-state index contributed by atoms with van der Waals surface area (Å²) in [5.41, 5.74) is 11.2. The molecule has 2 heterocycles. The Hall–Kier alpha value is -3.27. The number of methoxy groups -OCH3 is 1. The molecular formula is C19H23FN6O3. The van der Waals surface area contributed by atoms with Crippen molar-refractivity contribution in [3.05, 3.63) is 42.0 Å². The minimum atomic E-state index is -0.986. The monoisotopic (exact) mass is 402 g/mol. The van der Waals surface area contributed by atoms with Gasteiger partial charge < -0.3 is 25.8 Å². The second-order valence-corrected chi connectivity index (χ2v) is 6.56.